The molecule has 0 aliphatic rings. The lowest BCUT2D eigenvalue weighted by Gasteiger charge is -2.27. The minimum atomic E-state index is 0.890. The number of hydrogen-bond acceptors (Lipinski definition) is 2. The Morgan fingerprint density at radius 2 is 0.870 bits per heavy atom. The predicted molar refractivity (Wildman–Crippen MR) is 228 cm³/mol. The molecule has 2 heteroatoms. The van der Waals surface area contributed by atoms with Crippen LogP contribution in [0.3, 0.4) is 0 Å². The maximum Gasteiger partial charge on any atom is 0.143 e. The molecular formula is C52H35NO. The lowest BCUT2D eigenvalue weighted by atomic mass is 9.96. The second-order valence-electron chi connectivity index (χ2n) is 13.7. The molecule has 1 heterocycles. The Balaban J connectivity index is 1.18. The van der Waals surface area contributed by atoms with Gasteiger partial charge in [0.05, 0.1) is 0 Å². The summed E-state index contributed by atoms with van der Waals surface area (Å²) < 4.78 is 6.59. The lowest BCUT2D eigenvalue weighted by molar-refractivity contribution is 0.673. The van der Waals surface area contributed by atoms with E-state index in [2.05, 4.69) is 217 Å². The van der Waals surface area contributed by atoms with Gasteiger partial charge in [-0.3, -0.25) is 0 Å². The van der Waals surface area contributed by atoms with Gasteiger partial charge >= 0.3 is 0 Å². The molecule has 0 fully saturated rings. The third kappa shape index (κ3) is 5.71. The molecular weight excluding hydrogens is 655 g/mol. The van der Waals surface area contributed by atoms with Crippen molar-refractivity contribution in [3.05, 3.63) is 212 Å². The van der Waals surface area contributed by atoms with Crippen molar-refractivity contribution in [3.8, 4) is 44.5 Å². The van der Waals surface area contributed by atoms with E-state index in [1.807, 2.05) is 0 Å². The highest BCUT2D eigenvalue weighted by molar-refractivity contribution is 6.19. The number of benzene rings is 9. The fraction of sp³-hybridized carbons (Fsp3) is 0. The average Bonchev–Trinajstić information content (AvgIpc) is 3.65. The van der Waals surface area contributed by atoms with Gasteiger partial charge in [-0.1, -0.05) is 158 Å². The van der Waals surface area contributed by atoms with E-state index in [4.69, 9.17) is 4.42 Å². The first-order valence-electron chi connectivity index (χ1n) is 18.4. The molecule has 0 aliphatic heterocycles. The van der Waals surface area contributed by atoms with Gasteiger partial charge in [-0.15, -0.1) is 0 Å². The highest BCUT2D eigenvalue weighted by Crippen LogP contribution is 2.44. The molecule has 0 spiro atoms. The molecule has 10 aromatic rings. The number of fused-ring (bicyclic) bond motifs is 5. The molecule has 2 nitrogen and oxygen atoms in total. The van der Waals surface area contributed by atoms with Gasteiger partial charge in [-0.05, 0) is 104 Å². The van der Waals surface area contributed by atoms with Crippen LogP contribution in [0.1, 0.15) is 0 Å². The smallest absolute Gasteiger partial charge is 0.143 e. The van der Waals surface area contributed by atoms with Gasteiger partial charge in [0.2, 0.25) is 0 Å². The monoisotopic (exact) mass is 689 g/mol. The molecule has 0 saturated carbocycles. The molecule has 254 valence electrons. The molecule has 0 aliphatic carbocycles. The van der Waals surface area contributed by atoms with Crippen LogP contribution < -0.4 is 4.90 Å². The Hall–Kier alpha value is -7.16. The molecule has 0 saturated heterocycles. The highest BCUT2D eigenvalue weighted by atomic mass is 16.3. The van der Waals surface area contributed by atoms with Crippen LogP contribution in [0.4, 0.5) is 17.1 Å². The Morgan fingerprint density at radius 1 is 0.315 bits per heavy atom. The van der Waals surface area contributed by atoms with Crippen LogP contribution in [0.15, 0.2) is 217 Å². The zero-order chi connectivity index (χ0) is 35.8. The van der Waals surface area contributed by atoms with Crippen molar-refractivity contribution < 1.29 is 4.42 Å². The summed E-state index contributed by atoms with van der Waals surface area (Å²) in [5, 5.41) is 4.56. The minimum absolute atomic E-state index is 0.890. The van der Waals surface area contributed by atoms with Crippen molar-refractivity contribution in [2.24, 2.45) is 0 Å². The van der Waals surface area contributed by atoms with Gasteiger partial charge < -0.3 is 9.32 Å². The van der Waals surface area contributed by atoms with Gasteiger partial charge in [-0.2, -0.15) is 0 Å². The van der Waals surface area contributed by atoms with Crippen LogP contribution in [0.25, 0.3) is 77.2 Å². The average molecular weight is 690 g/mol. The molecule has 0 N–H and O–H groups in total. The standard InChI is InChI=1S/C52H35NO/c1-4-14-36(15-5-1)39-26-29-44(30-27-39)53(46-34-42(37-16-6-2-7-17-37)32-43(35-46)38-18-8-3-9-19-38)45-22-12-21-41(33-45)47-24-13-25-50-51(47)49-31-28-40-20-10-11-23-48(40)52(49)54-50/h1-35H. The third-order valence-electron chi connectivity index (χ3n) is 10.4. The summed E-state index contributed by atoms with van der Waals surface area (Å²) in [6.45, 7) is 0. The molecule has 0 unspecified atom stereocenters. The van der Waals surface area contributed by atoms with Gasteiger partial charge in [0.25, 0.3) is 0 Å². The van der Waals surface area contributed by atoms with E-state index < -0.39 is 0 Å². The zero-order valence-corrected chi connectivity index (χ0v) is 29.6. The van der Waals surface area contributed by atoms with Crippen molar-refractivity contribution in [2.45, 2.75) is 0 Å². The second kappa shape index (κ2) is 13.4. The SMILES string of the molecule is c1ccc(-c2ccc(N(c3cc(-c4ccccc4)cc(-c4ccccc4)c3)c3cccc(-c4cccc5oc6c7ccccc7ccc6c45)c3)cc2)cc1. The fourth-order valence-electron chi connectivity index (χ4n) is 7.82. The Kier molecular flexibility index (Phi) is 7.85. The van der Waals surface area contributed by atoms with E-state index in [-0.39, 0.29) is 0 Å². The first kappa shape index (κ1) is 31.6. The third-order valence-corrected chi connectivity index (χ3v) is 10.4. The number of hydrogen-bond donors (Lipinski definition) is 0. The summed E-state index contributed by atoms with van der Waals surface area (Å²) in [5.41, 5.74) is 14.4. The van der Waals surface area contributed by atoms with E-state index in [0.717, 1.165) is 66.6 Å². The van der Waals surface area contributed by atoms with Crippen LogP contribution in [0.2, 0.25) is 0 Å². The number of rotatable bonds is 7. The molecule has 9 aromatic carbocycles. The van der Waals surface area contributed by atoms with Crippen LogP contribution in [0, 0.1) is 0 Å². The number of anilines is 3. The van der Waals surface area contributed by atoms with Crippen LogP contribution >= 0.6 is 0 Å². The van der Waals surface area contributed by atoms with Gasteiger partial charge in [0.15, 0.2) is 0 Å². The number of furan rings is 1. The number of nitrogens with zero attached hydrogens (tertiary/aromatic N) is 1. The van der Waals surface area contributed by atoms with Crippen molar-refractivity contribution in [2.75, 3.05) is 4.90 Å². The van der Waals surface area contributed by atoms with E-state index in [1.54, 1.807) is 0 Å². The zero-order valence-electron chi connectivity index (χ0n) is 29.6. The van der Waals surface area contributed by atoms with Crippen molar-refractivity contribution in [1.82, 2.24) is 0 Å². The summed E-state index contributed by atoms with van der Waals surface area (Å²) in [7, 11) is 0. The molecule has 10 rings (SSSR count). The highest BCUT2D eigenvalue weighted by Gasteiger charge is 2.19. The fourth-order valence-corrected chi connectivity index (χ4v) is 7.82. The quantitative estimate of drug-likeness (QED) is 0.166. The van der Waals surface area contributed by atoms with Crippen molar-refractivity contribution >= 4 is 49.8 Å². The van der Waals surface area contributed by atoms with E-state index in [0.29, 0.717) is 0 Å². The van der Waals surface area contributed by atoms with Crippen LogP contribution in [0.5, 0.6) is 0 Å². The van der Waals surface area contributed by atoms with Gasteiger partial charge in [0.1, 0.15) is 11.2 Å². The molecule has 0 atom stereocenters. The Labute approximate surface area is 314 Å². The maximum absolute atomic E-state index is 6.59. The van der Waals surface area contributed by atoms with Gasteiger partial charge in [-0.25, -0.2) is 0 Å². The maximum atomic E-state index is 6.59. The van der Waals surface area contributed by atoms with Crippen molar-refractivity contribution in [1.29, 1.82) is 0 Å². The summed E-state index contributed by atoms with van der Waals surface area (Å²) in [6, 6.07) is 75.9. The van der Waals surface area contributed by atoms with Crippen LogP contribution in [-0.4, -0.2) is 0 Å². The summed E-state index contributed by atoms with van der Waals surface area (Å²) >= 11 is 0. The first-order chi connectivity index (χ1) is 26.8. The molecule has 0 bridgehead atoms. The lowest BCUT2D eigenvalue weighted by Crippen LogP contribution is -2.10. The summed E-state index contributed by atoms with van der Waals surface area (Å²) in [4.78, 5) is 2.39. The van der Waals surface area contributed by atoms with E-state index in [9.17, 15) is 0 Å². The second-order valence-corrected chi connectivity index (χ2v) is 13.7. The van der Waals surface area contributed by atoms with Crippen molar-refractivity contribution in [3.63, 3.8) is 0 Å². The summed E-state index contributed by atoms with van der Waals surface area (Å²) in [6.07, 6.45) is 0. The molecule has 0 radical (unpaired) electrons. The first-order valence-corrected chi connectivity index (χ1v) is 18.4. The van der Waals surface area contributed by atoms with Gasteiger partial charge in [0, 0.05) is 33.2 Å². The van der Waals surface area contributed by atoms with E-state index in [1.165, 1.54) is 27.6 Å². The minimum Gasteiger partial charge on any atom is -0.455 e. The Morgan fingerprint density at radius 3 is 1.56 bits per heavy atom. The Bertz CT molecular complexity index is 2850. The van der Waals surface area contributed by atoms with E-state index >= 15 is 0 Å². The molecule has 54 heavy (non-hydrogen) atoms. The summed E-state index contributed by atoms with van der Waals surface area (Å²) in [5.74, 6) is 0. The molecule has 1 aromatic heterocycles. The topological polar surface area (TPSA) is 16.4 Å². The largest absolute Gasteiger partial charge is 0.455 e. The normalized spacial score (nSPS) is 11.3. The molecule has 0 amide bonds. The van der Waals surface area contributed by atoms with Crippen LogP contribution in [-0.2, 0) is 0 Å². The predicted octanol–water partition coefficient (Wildman–Crippen LogP) is 14.9.